The molecule has 76 valence electrons. The van der Waals surface area contributed by atoms with Crippen LogP contribution >= 0.6 is 11.3 Å². The molecular weight excluding hydrogens is 196 g/mol. The number of aryl methyl sites for hydroxylation is 1. The summed E-state index contributed by atoms with van der Waals surface area (Å²) in [6.07, 6.45) is 2.06. The number of aromatic nitrogens is 2. The van der Waals surface area contributed by atoms with Gasteiger partial charge in [-0.3, -0.25) is 9.41 Å². The molecule has 0 spiro atoms. The maximum atomic E-state index is 4.47. The lowest BCUT2D eigenvalue weighted by atomic mass is 10.3. The SMILES string of the molecule is Cc1nc2sccn2c1CNN(C)C. The highest BCUT2D eigenvalue weighted by Crippen LogP contribution is 2.16. The number of hydrazine groups is 1. The highest BCUT2D eigenvalue weighted by molar-refractivity contribution is 7.15. The standard InChI is InChI=1S/C9H14N4S/c1-7-8(6-10-12(2)3)13-4-5-14-9(13)11-7/h4-5,10H,6H2,1-3H3. The molecule has 0 radical (unpaired) electrons. The van der Waals surface area contributed by atoms with Crippen molar-refractivity contribution in [3.05, 3.63) is 23.0 Å². The van der Waals surface area contributed by atoms with E-state index in [1.165, 1.54) is 5.69 Å². The molecule has 0 fully saturated rings. The molecule has 1 N–H and O–H groups in total. The average molecular weight is 210 g/mol. The third-order valence-corrected chi connectivity index (χ3v) is 2.88. The van der Waals surface area contributed by atoms with Crippen molar-refractivity contribution in [3.8, 4) is 0 Å². The third-order valence-electron chi connectivity index (χ3n) is 2.12. The molecule has 14 heavy (non-hydrogen) atoms. The minimum Gasteiger partial charge on any atom is -0.293 e. The molecule has 2 rings (SSSR count). The van der Waals surface area contributed by atoms with E-state index in [0.717, 1.165) is 17.2 Å². The third kappa shape index (κ3) is 1.66. The first kappa shape index (κ1) is 9.64. The van der Waals surface area contributed by atoms with E-state index >= 15 is 0 Å². The molecule has 0 aliphatic rings. The van der Waals surface area contributed by atoms with Crippen molar-refractivity contribution in [2.24, 2.45) is 0 Å². The Morgan fingerprint density at radius 3 is 3.07 bits per heavy atom. The van der Waals surface area contributed by atoms with Crippen LogP contribution in [0.25, 0.3) is 4.96 Å². The van der Waals surface area contributed by atoms with Crippen LogP contribution in [0, 0.1) is 6.92 Å². The van der Waals surface area contributed by atoms with Crippen molar-refractivity contribution in [3.63, 3.8) is 0 Å². The zero-order valence-corrected chi connectivity index (χ0v) is 9.43. The van der Waals surface area contributed by atoms with Crippen molar-refractivity contribution in [2.45, 2.75) is 13.5 Å². The number of rotatable bonds is 3. The second kappa shape index (κ2) is 3.68. The second-order valence-electron chi connectivity index (χ2n) is 3.43. The molecule has 0 saturated heterocycles. The van der Waals surface area contributed by atoms with Gasteiger partial charge in [-0.25, -0.2) is 10.4 Å². The molecule has 0 unspecified atom stereocenters. The summed E-state index contributed by atoms with van der Waals surface area (Å²) < 4.78 is 2.14. The van der Waals surface area contributed by atoms with Crippen LogP contribution in [-0.4, -0.2) is 28.5 Å². The Kier molecular flexibility index (Phi) is 2.54. The number of hydrogen-bond acceptors (Lipinski definition) is 4. The molecule has 0 aliphatic carbocycles. The minimum absolute atomic E-state index is 0.816. The van der Waals surface area contributed by atoms with Gasteiger partial charge in [-0.05, 0) is 6.92 Å². The summed E-state index contributed by atoms with van der Waals surface area (Å²) in [4.78, 5) is 5.54. The number of hydrogen-bond donors (Lipinski definition) is 1. The molecular formula is C9H14N4S. The predicted octanol–water partition coefficient (Wildman–Crippen LogP) is 1.27. The molecule has 0 amide bonds. The summed E-state index contributed by atoms with van der Waals surface area (Å²) in [6.45, 7) is 2.86. The Bertz CT molecular complexity index is 429. The number of nitrogens with one attached hydrogen (secondary N) is 1. The Morgan fingerprint density at radius 1 is 1.57 bits per heavy atom. The molecule has 0 atom stereocenters. The van der Waals surface area contributed by atoms with Gasteiger partial charge in [0.05, 0.1) is 17.9 Å². The average Bonchev–Trinajstić information content (AvgIpc) is 2.61. The van der Waals surface area contributed by atoms with Gasteiger partial charge in [0.1, 0.15) is 0 Å². The molecule has 2 aromatic heterocycles. The van der Waals surface area contributed by atoms with Gasteiger partial charge in [0.25, 0.3) is 0 Å². The highest BCUT2D eigenvalue weighted by atomic mass is 32.1. The minimum atomic E-state index is 0.816. The van der Waals surface area contributed by atoms with Crippen LogP contribution in [0.15, 0.2) is 11.6 Å². The van der Waals surface area contributed by atoms with E-state index in [9.17, 15) is 0 Å². The monoisotopic (exact) mass is 210 g/mol. The van der Waals surface area contributed by atoms with Gasteiger partial charge in [-0.15, -0.1) is 11.3 Å². The lowest BCUT2D eigenvalue weighted by molar-refractivity contribution is 0.283. The summed E-state index contributed by atoms with van der Waals surface area (Å²) in [5, 5.41) is 4.01. The van der Waals surface area contributed by atoms with Gasteiger partial charge < -0.3 is 0 Å². The quantitative estimate of drug-likeness (QED) is 0.774. The summed E-state index contributed by atoms with van der Waals surface area (Å²) in [5.41, 5.74) is 5.58. The van der Waals surface area contributed by atoms with Gasteiger partial charge in [-0.2, -0.15) is 0 Å². The lowest BCUT2D eigenvalue weighted by Gasteiger charge is -2.11. The van der Waals surface area contributed by atoms with Gasteiger partial charge in [0.2, 0.25) is 0 Å². The number of nitrogens with zero attached hydrogens (tertiary/aromatic N) is 3. The lowest BCUT2D eigenvalue weighted by Crippen LogP contribution is -2.30. The predicted molar refractivity (Wildman–Crippen MR) is 58.3 cm³/mol. The van der Waals surface area contributed by atoms with E-state index in [4.69, 9.17) is 0 Å². The topological polar surface area (TPSA) is 32.6 Å². The molecule has 0 aliphatic heterocycles. The van der Waals surface area contributed by atoms with Crippen LogP contribution in [0.4, 0.5) is 0 Å². The fourth-order valence-corrected chi connectivity index (χ4v) is 2.17. The Labute approximate surface area is 87.1 Å². The fraction of sp³-hybridized carbons (Fsp3) is 0.444. The van der Waals surface area contributed by atoms with E-state index in [2.05, 4.69) is 26.4 Å². The van der Waals surface area contributed by atoms with Crippen LogP contribution in [0.2, 0.25) is 0 Å². The van der Waals surface area contributed by atoms with Crippen LogP contribution < -0.4 is 5.43 Å². The van der Waals surface area contributed by atoms with Crippen molar-refractivity contribution < 1.29 is 0 Å². The van der Waals surface area contributed by atoms with E-state index in [-0.39, 0.29) is 0 Å². The Hall–Kier alpha value is -0.910. The van der Waals surface area contributed by atoms with Crippen molar-refractivity contribution in [1.82, 2.24) is 19.8 Å². The largest absolute Gasteiger partial charge is 0.293 e. The first-order valence-electron chi connectivity index (χ1n) is 4.50. The van der Waals surface area contributed by atoms with Crippen LogP contribution in [0.1, 0.15) is 11.4 Å². The number of imidazole rings is 1. The molecule has 0 saturated carbocycles. The molecule has 0 aromatic carbocycles. The summed E-state index contributed by atoms with van der Waals surface area (Å²) in [6, 6.07) is 0. The number of thiazole rings is 1. The molecule has 5 heteroatoms. The van der Waals surface area contributed by atoms with E-state index < -0.39 is 0 Å². The Balaban J connectivity index is 2.29. The normalized spacial score (nSPS) is 11.7. The van der Waals surface area contributed by atoms with E-state index in [1.807, 2.05) is 26.0 Å². The van der Waals surface area contributed by atoms with Crippen molar-refractivity contribution >= 4 is 16.3 Å². The summed E-state index contributed by atoms with van der Waals surface area (Å²) >= 11 is 1.67. The molecule has 4 nitrogen and oxygen atoms in total. The van der Waals surface area contributed by atoms with E-state index in [0.29, 0.717) is 0 Å². The zero-order valence-electron chi connectivity index (χ0n) is 8.61. The highest BCUT2D eigenvalue weighted by Gasteiger charge is 2.08. The van der Waals surface area contributed by atoms with Crippen LogP contribution in [-0.2, 0) is 6.54 Å². The Morgan fingerprint density at radius 2 is 2.36 bits per heavy atom. The van der Waals surface area contributed by atoms with Crippen molar-refractivity contribution in [2.75, 3.05) is 14.1 Å². The summed E-state index contributed by atoms with van der Waals surface area (Å²) in [7, 11) is 3.97. The second-order valence-corrected chi connectivity index (χ2v) is 4.30. The smallest absolute Gasteiger partial charge is 0.194 e. The van der Waals surface area contributed by atoms with Crippen LogP contribution in [0.5, 0.6) is 0 Å². The fourth-order valence-electron chi connectivity index (χ4n) is 1.39. The van der Waals surface area contributed by atoms with Gasteiger partial charge in [-0.1, -0.05) is 0 Å². The first-order valence-corrected chi connectivity index (χ1v) is 5.38. The van der Waals surface area contributed by atoms with Gasteiger partial charge >= 0.3 is 0 Å². The van der Waals surface area contributed by atoms with Crippen molar-refractivity contribution in [1.29, 1.82) is 0 Å². The van der Waals surface area contributed by atoms with Crippen LogP contribution in [0.3, 0.4) is 0 Å². The van der Waals surface area contributed by atoms with Gasteiger partial charge in [0, 0.05) is 25.7 Å². The first-order chi connectivity index (χ1) is 6.68. The zero-order chi connectivity index (χ0) is 10.1. The maximum Gasteiger partial charge on any atom is 0.194 e. The molecule has 0 bridgehead atoms. The molecule has 2 aromatic rings. The number of fused-ring (bicyclic) bond motifs is 1. The van der Waals surface area contributed by atoms with E-state index in [1.54, 1.807) is 11.3 Å². The van der Waals surface area contributed by atoms with Gasteiger partial charge in [0.15, 0.2) is 4.96 Å². The molecule has 2 heterocycles. The maximum absolute atomic E-state index is 4.47. The summed E-state index contributed by atoms with van der Waals surface area (Å²) in [5.74, 6) is 0.